The lowest BCUT2D eigenvalue weighted by atomic mass is 9.84. The highest BCUT2D eigenvalue weighted by atomic mass is 19.1. The van der Waals surface area contributed by atoms with E-state index in [1.807, 2.05) is 75.4 Å². The molecule has 7 nitrogen and oxygen atoms in total. The number of hydrogen-bond donors (Lipinski definition) is 0. The summed E-state index contributed by atoms with van der Waals surface area (Å²) in [7, 11) is 0. The van der Waals surface area contributed by atoms with E-state index in [4.69, 9.17) is 4.74 Å². The van der Waals surface area contributed by atoms with E-state index in [0.717, 1.165) is 27.1 Å². The van der Waals surface area contributed by atoms with Gasteiger partial charge in [-0.2, -0.15) is 4.68 Å². The molecule has 1 aliphatic rings. The Morgan fingerprint density at radius 3 is 2.46 bits per heavy atom. The summed E-state index contributed by atoms with van der Waals surface area (Å²) in [4.78, 5) is 28.5. The third-order valence-electron chi connectivity index (χ3n) is 7.16. The highest BCUT2D eigenvalue weighted by Gasteiger charge is 2.35. The fourth-order valence-corrected chi connectivity index (χ4v) is 5.07. The summed E-state index contributed by atoms with van der Waals surface area (Å²) in [6, 6.07) is 20.1. The predicted molar refractivity (Wildman–Crippen MR) is 149 cm³/mol. The largest absolute Gasteiger partial charge is 0.369 e. The smallest absolute Gasteiger partial charge is 0.350 e. The molecule has 8 heteroatoms. The Morgan fingerprint density at radius 1 is 1.05 bits per heavy atom. The van der Waals surface area contributed by atoms with Gasteiger partial charge in [-0.05, 0) is 55.7 Å². The first-order valence-corrected chi connectivity index (χ1v) is 13.0. The molecule has 1 aromatic heterocycles. The van der Waals surface area contributed by atoms with Crippen molar-refractivity contribution in [1.82, 2.24) is 14.3 Å². The van der Waals surface area contributed by atoms with E-state index in [9.17, 15) is 9.59 Å². The number of ether oxygens (including phenoxy) is 1. The van der Waals surface area contributed by atoms with Crippen molar-refractivity contribution in [3.63, 3.8) is 0 Å². The lowest BCUT2D eigenvalue weighted by Gasteiger charge is -2.35. The van der Waals surface area contributed by atoms with Gasteiger partial charge in [-0.3, -0.25) is 9.36 Å². The van der Waals surface area contributed by atoms with Gasteiger partial charge in [-0.15, -0.1) is 5.10 Å². The average Bonchev–Trinajstić information content (AvgIpc) is 3.24. The number of nitrogens with zero attached hydrogens (tertiary/aromatic N) is 4. The lowest BCUT2D eigenvalue weighted by Crippen LogP contribution is -2.41. The van der Waals surface area contributed by atoms with Crippen molar-refractivity contribution in [2.24, 2.45) is 0 Å². The number of amides is 1. The molecule has 0 saturated heterocycles. The van der Waals surface area contributed by atoms with Crippen LogP contribution in [0.2, 0.25) is 0 Å². The molecule has 5 rings (SSSR count). The zero-order chi connectivity index (χ0) is 27.7. The van der Waals surface area contributed by atoms with Crippen molar-refractivity contribution in [2.75, 3.05) is 11.4 Å². The van der Waals surface area contributed by atoms with E-state index in [0.29, 0.717) is 31.1 Å². The number of hydrogen-bond acceptors (Lipinski definition) is 4. The number of aryl methyl sites for hydroxylation is 1. The average molecular weight is 527 g/mol. The molecule has 3 aromatic carbocycles. The summed E-state index contributed by atoms with van der Waals surface area (Å²) in [6.45, 7) is 11.0. The summed E-state index contributed by atoms with van der Waals surface area (Å²) in [5.74, 6) is -0.833. The zero-order valence-corrected chi connectivity index (χ0v) is 22.4. The van der Waals surface area contributed by atoms with Crippen LogP contribution in [0.1, 0.15) is 52.6 Å². The maximum absolute atomic E-state index is 15.6. The lowest BCUT2D eigenvalue weighted by molar-refractivity contribution is 0.0977. The summed E-state index contributed by atoms with van der Waals surface area (Å²) in [5.41, 5.74) is 3.98. The molecule has 1 unspecified atom stereocenters. The van der Waals surface area contributed by atoms with Crippen molar-refractivity contribution in [1.29, 1.82) is 0 Å². The predicted octanol–water partition coefficient (Wildman–Crippen LogP) is 5.54. The first-order chi connectivity index (χ1) is 18.8. The van der Waals surface area contributed by atoms with Gasteiger partial charge in [0, 0.05) is 30.3 Å². The van der Waals surface area contributed by atoms with Crippen molar-refractivity contribution < 1.29 is 13.9 Å². The molecule has 1 aliphatic heterocycles. The second-order valence-electron chi connectivity index (χ2n) is 9.83. The Labute approximate surface area is 226 Å². The number of para-hydroxylation sites is 1. The molecule has 4 aromatic rings. The summed E-state index contributed by atoms with van der Waals surface area (Å²) in [5, 5.41) is 4.44. The summed E-state index contributed by atoms with van der Waals surface area (Å²) in [6.07, 6.45) is 0. The van der Waals surface area contributed by atoms with Gasteiger partial charge in [0.25, 0.3) is 5.91 Å². The normalized spacial score (nSPS) is 14.9. The molecule has 0 saturated carbocycles. The number of benzene rings is 3. The molecule has 0 aliphatic carbocycles. The highest BCUT2D eigenvalue weighted by molar-refractivity contribution is 6.09. The van der Waals surface area contributed by atoms with Gasteiger partial charge in [0.2, 0.25) is 0 Å². The molecular weight excluding hydrogens is 495 g/mol. The molecule has 39 heavy (non-hydrogen) atoms. The van der Waals surface area contributed by atoms with Crippen LogP contribution in [0.5, 0.6) is 0 Å². The number of anilines is 1. The number of carbonyl (C=O) groups is 1. The van der Waals surface area contributed by atoms with Crippen LogP contribution >= 0.6 is 0 Å². The van der Waals surface area contributed by atoms with Crippen LogP contribution in [0.4, 0.5) is 10.1 Å². The Morgan fingerprint density at radius 2 is 1.77 bits per heavy atom. The van der Waals surface area contributed by atoms with Crippen molar-refractivity contribution >= 4 is 11.6 Å². The summed E-state index contributed by atoms with van der Waals surface area (Å²) < 4.78 is 24.0. The third-order valence-corrected chi connectivity index (χ3v) is 7.16. The van der Waals surface area contributed by atoms with Gasteiger partial charge in [-0.25, -0.2) is 9.18 Å². The van der Waals surface area contributed by atoms with Crippen LogP contribution in [-0.2, 0) is 24.5 Å². The fourth-order valence-electron chi connectivity index (χ4n) is 5.07. The Kier molecular flexibility index (Phi) is 7.30. The molecule has 1 amide bonds. The topological polar surface area (TPSA) is 69.4 Å². The Bertz CT molecular complexity index is 1610. The minimum Gasteiger partial charge on any atom is -0.369 e. The van der Waals surface area contributed by atoms with Gasteiger partial charge < -0.3 is 9.64 Å². The first kappa shape index (κ1) is 26.3. The molecule has 200 valence electrons. The number of rotatable bonds is 8. The van der Waals surface area contributed by atoms with Crippen molar-refractivity contribution in [3.05, 3.63) is 123 Å². The van der Waals surface area contributed by atoms with Gasteiger partial charge >= 0.3 is 5.69 Å². The van der Waals surface area contributed by atoms with Crippen LogP contribution in [0.25, 0.3) is 5.69 Å². The molecule has 0 fully saturated rings. The van der Waals surface area contributed by atoms with E-state index in [1.165, 1.54) is 10.6 Å². The molecule has 2 heterocycles. The maximum Gasteiger partial charge on any atom is 0.350 e. The van der Waals surface area contributed by atoms with E-state index in [2.05, 4.69) is 11.7 Å². The van der Waals surface area contributed by atoms with Crippen LogP contribution < -0.4 is 10.6 Å². The van der Waals surface area contributed by atoms with Crippen molar-refractivity contribution in [3.8, 4) is 5.69 Å². The number of fused-ring (bicyclic) bond motifs is 1. The molecule has 0 bridgehead atoms. The van der Waals surface area contributed by atoms with Crippen LogP contribution in [0, 0.1) is 12.7 Å². The zero-order valence-electron chi connectivity index (χ0n) is 22.4. The van der Waals surface area contributed by atoms with Gasteiger partial charge in [0.15, 0.2) is 5.82 Å². The van der Waals surface area contributed by atoms with Gasteiger partial charge in [-0.1, -0.05) is 60.7 Å². The van der Waals surface area contributed by atoms with E-state index in [1.54, 1.807) is 11.0 Å². The minimum absolute atomic E-state index is 0.00125. The third kappa shape index (κ3) is 4.95. The molecule has 0 spiro atoms. The standard InChI is InChI=1S/C31H31FN4O3/c1-5-34-29(19-39-18-22-12-7-6-8-13-22)33-36(31(34)38)28-16-23-24(15-26(28)32)30(37)35(17-25(23)20(2)3)27-14-10-9-11-21(27)4/h6-16,25H,2,5,17-19H2,1,3-4H3. The van der Waals surface area contributed by atoms with E-state index in [-0.39, 0.29) is 29.7 Å². The van der Waals surface area contributed by atoms with Crippen LogP contribution in [0.3, 0.4) is 0 Å². The Hall–Kier alpha value is -4.30. The number of halogens is 1. The molecule has 0 N–H and O–H groups in total. The molecule has 1 atom stereocenters. The van der Waals surface area contributed by atoms with Crippen LogP contribution in [-0.4, -0.2) is 26.8 Å². The first-order valence-electron chi connectivity index (χ1n) is 13.0. The monoisotopic (exact) mass is 526 g/mol. The summed E-state index contributed by atoms with van der Waals surface area (Å²) >= 11 is 0. The SMILES string of the molecule is C=C(C)C1CN(c2ccccc2C)C(=O)c2cc(F)c(-n3nc(COCc4ccccc4)n(CC)c3=O)cc21. The van der Waals surface area contributed by atoms with Crippen LogP contribution in [0.15, 0.2) is 83.7 Å². The molecule has 0 radical (unpaired) electrons. The van der Waals surface area contributed by atoms with E-state index < -0.39 is 11.5 Å². The van der Waals surface area contributed by atoms with Gasteiger partial charge in [0.05, 0.1) is 6.61 Å². The molecular formula is C31H31FN4O3. The maximum atomic E-state index is 15.6. The fraction of sp³-hybridized carbons (Fsp3) is 0.258. The quantitative estimate of drug-likeness (QED) is 0.283. The number of aromatic nitrogens is 3. The number of carbonyl (C=O) groups excluding carboxylic acids is 1. The minimum atomic E-state index is -0.700. The second-order valence-corrected chi connectivity index (χ2v) is 9.83. The second kappa shape index (κ2) is 10.8. The van der Waals surface area contributed by atoms with Crippen molar-refractivity contribution in [2.45, 2.75) is 46.4 Å². The van der Waals surface area contributed by atoms with Gasteiger partial charge in [0.1, 0.15) is 18.1 Å². The van der Waals surface area contributed by atoms with E-state index >= 15 is 4.39 Å². The highest BCUT2D eigenvalue weighted by Crippen LogP contribution is 2.37. The Balaban J connectivity index is 1.52.